The van der Waals surface area contributed by atoms with Crippen LogP contribution in [0.5, 0.6) is 0 Å². The Bertz CT molecular complexity index is 382. The van der Waals surface area contributed by atoms with Gasteiger partial charge >= 0.3 is 5.97 Å². The highest BCUT2D eigenvalue weighted by atomic mass is 35.5. The molecule has 0 aromatic heterocycles. The van der Waals surface area contributed by atoms with E-state index in [1.165, 1.54) is 0 Å². The Morgan fingerprint density at radius 1 is 1.50 bits per heavy atom. The maximum Gasteiger partial charge on any atom is 0.307 e. The summed E-state index contributed by atoms with van der Waals surface area (Å²) in [6.07, 6.45) is 0. The molecule has 3 nitrogen and oxygen atoms in total. The number of rotatable bonds is 5. The fraction of sp³-hybridized carbons (Fsp3) is 0.364. The average molecular weight is 262 g/mol. The zero-order valence-corrected chi connectivity index (χ0v) is 10.3. The zero-order valence-electron chi connectivity index (χ0n) is 8.84. The molecule has 2 N–H and O–H groups in total. The average Bonchev–Trinajstić information content (AvgIpc) is 2.20. The summed E-state index contributed by atoms with van der Waals surface area (Å²) in [5.41, 5.74) is 0.906. The third-order valence-corrected chi connectivity index (χ3v) is 2.79. The second-order valence-electron chi connectivity index (χ2n) is 3.61. The number of hydrogen-bond acceptors (Lipinski definition) is 2. The number of carboxylic acids is 1. The summed E-state index contributed by atoms with van der Waals surface area (Å²) in [6, 6.07) is 5.24. The molecule has 0 aliphatic rings. The lowest BCUT2D eigenvalue weighted by Crippen LogP contribution is -2.25. The van der Waals surface area contributed by atoms with Gasteiger partial charge in [-0.1, -0.05) is 36.2 Å². The van der Waals surface area contributed by atoms with Crippen LogP contribution in [-0.4, -0.2) is 17.6 Å². The Labute approximate surface area is 104 Å². The first-order valence-electron chi connectivity index (χ1n) is 4.88. The van der Waals surface area contributed by atoms with Crippen LogP contribution in [0.4, 0.5) is 0 Å². The minimum Gasteiger partial charge on any atom is -0.481 e. The number of halogens is 2. The highest BCUT2D eigenvalue weighted by Gasteiger charge is 2.10. The summed E-state index contributed by atoms with van der Waals surface area (Å²) in [7, 11) is 0. The molecule has 0 saturated carbocycles. The highest BCUT2D eigenvalue weighted by Crippen LogP contribution is 2.20. The van der Waals surface area contributed by atoms with Gasteiger partial charge in [-0.25, -0.2) is 0 Å². The molecule has 0 spiro atoms. The van der Waals surface area contributed by atoms with E-state index in [1.54, 1.807) is 19.1 Å². The molecule has 88 valence electrons. The summed E-state index contributed by atoms with van der Waals surface area (Å²) in [5.74, 6) is -1.22. The third kappa shape index (κ3) is 4.00. The maximum absolute atomic E-state index is 10.6. The molecule has 0 aliphatic carbocycles. The molecule has 1 unspecified atom stereocenters. The Morgan fingerprint density at radius 3 is 2.75 bits per heavy atom. The zero-order chi connectivity index (χ0) is 12.1. The molecule has 0 fully saturated rings. The van der Waals surface area contributed by atoms with Crippen molar-refractivity contribution in [3.63, 3.8) is 0 Å². The Morgan fingerprint density at radius 2 is 2.19 bits per heavy atom. The van der Waals surface area contributed by atoms with Gasteiger partial charge in [0.2, 0.25) is 0 Å². The lowest BCUT2D eigenvalue weighted by Gasteiger charge is -2.09. The van der Waals surface area contributed by atoms with E-state index in [2.05, 4.69) is 5.32 Å². The van der Waals surface area contributed by atoms with E-state index in [0.29, 0.717) is 23.1 Å². The fourth-order valence-corrected chi connectivity index (χ4v) is 1.65. The van der Waals surface area contributed by atoms with Crippen LogP contribution in [0.2, 0.25) is 10.0 Å². The molecule has 0 amide bonds. The summed E-state index contributed by atoms with van der Waals surface area (Å²) in [5, 5.41) is 12.9. The molecule has 1 atom stereocenters. The molecule has 1 aromatic rings. The van der Waals surface area contributed by atoms with Crippen LogP contribution in [0.15, 0.2) is 18.2 Å². The molecule has 0 saturated heterocycles. The smallest absolute Gasteiger partial charge is 0.307 e. The molecular formula is C11H13Cl2NO2. The van der Waals surface area contributed by atoms with E-state index in [0.717, 1.165) is 5.56 Å². The predicted molar refractivity (Wildman–Crippen MR) is 65.0 cm³/mol. The normalized spacial score (nSPS) is 12.4. The van der Waals surface area contributed by atoms with Crippen molar-refractivity contribution in [1.29, 1.82) is 0 Å². The number of carboxylic acid groups (broad SMARTS) is 1. The largest absolute Gasteiger partial charge is 0.481 e. The third-order valence-electron chi connectivity index (χ3n) is 2.20. The molecule has 0 radical (unpaired) electrons. The molecule has 5 heteroatoms. The van der Waals surface area contributed by atoms with E-state index in [-0.39, 0.29) is 0 Å². The highest BCUT2D eigenvalue weighted by molar-refractivity contribution is 6.35. The van der Waals surface area contributed by atoms with Crippen molar-refractivity contribution >= 4 is 29.2 Å². The topological polar surface area (TPSA) is 49.3 Å². The molecule has 1 aromatic carbocycles. The SMILES string of the molecule is CC(CNCc1ccc(Cl)cc1Cl)C(=O)O. The van der Waals surface area contributed by atoms with E-state index in [9.17, 15) is 4.79 Å². The van der Waals surface area contributed by atoms with Gasteiger partial charge in [-0.15, -0.1) is 0 Å². The molecule has 16 heavy (non-hydrogen) atoms. The van der Waals surface area contributed by atoms with Gasteiger partial charge < -0.3 is 10.4 Å². The van der Waals surface area contributed by atoms with E-state index in [1.807, 2.05) is 6.07 Å². The molecule has 0 bridgehead atoms. The van der Waals surface area contributed by atoms with Crippen molar-refractivity contribution in [3.05, 3.63) is 33.8 Å². The maximum atomic E-state index is 10.6. The summed E-state index contributed by atoms with van der Waals surface area (Å²) < 4.78 is 0. The van der Waals surface area contributed by atoms with Gasteiger partial charge in [-0.3, -0.25) is 4.79 Å². The lowest BCUT2D eigenvalue weighted by atomic mass is 10.1. The van der Waals surface area contributed by atoms with Crippen molar-refractivity contribution in [2.45, 2.75) is 13.5 Å². The van der Waals surface area contributed by atoms with Crippen LogP contribution in [0.25, 0.3) is 0 Å². The van der Waals surface area contributed by atoms with Crippen LogP contribution >= 0.6 is 23.2 Å². The monoisotopic (exact) mass is 261 g/mol. The van der Waals surface area contributed by atoms with Gasteiger partial charge in [0.05, 0.1) is 5.92 Å². The van der Waals surface area contributed by atoms with E-state index >= 15 is 0 Å². The summed E-state index contributed by atoms with van der Waals surface area (Å²) >= 11 is 11.7. The first kappa shape index (κ1) is 13.3. The van der Waals surface area contributed by atoms with Gasteiger partial charge in [0.15, 0.2) is 0 Å². The van der Waals surface area contributed by atoms with Crippen LogP contribution in [0.3, 0.4) is 0 Å². The summed E-state index contributed by atoms with van der Waals surface area (Å²) in [6.45, 7) is 2.60. The molecule has 0 aliphatic heterocycles. The number of hydrogen-bond donors (Lipinski definition) is 2. The quantitative estimate of drug-likeness (QED) is 0.857. The van der Waals surface area contributed by atoms with Gasteiger partial charge in [0, 0.05) is 23.1 Å². The first-order chi connectivity index (χ1) is 7.50. The molecule has 0 heterocycles. The van der Waals surface area contributed by atoms with Crippen LogP contribution in [-0.2, 0) is 11.3 Å². The molecular weight excluding hydrogens is 249 g/mol. The number of carbonyl (C=O) groups is 1. The van der Waals surface area contributed by atoms with Gasteiger partial charge in [0.25, 0.3) is 0 Å². The minimum atomic E-state index is -0.810. The van der Waals surface area contributed by atoms with Crippen molar-refractivity contribution in [3.8, 4) is 0 Å². The molecule has 1 rings (SSSR count). The number of aliphatic carboxylic acids is 1. The standard InChI is InChI=1S/C11H13Cl2NO2/c1-7(11(15)16)5-14-6-8-2-3-9(12)4-10(8)13/h2-4,7,14H,5-6H2,1H3,(H,15,16). The minimum absolute atomic E-state index is 0.411. The van der Waals surface area contributed by atoms with Crippen LogP contribution < -0.4 is 5.32 Å². The van der Waals surface area contributed by atoms with E-state index < -0.39 is 11.9 Å². The van der Waals surface area contributed by atoms with Crippen molar-refractivity contribution in [2.75, 3.05) is 6.54 Å². The first-order valence-corrected chi connectivity index (χ1v) is 5.63. The lowest BCUT2D eigenvalue weighted by molar-refractivity contribution is -0.140. The van der Waals surface area contributed by atoms with Gasteiger partial charge in [0.1, 0.15) is 0 Å². The predicted octanol–water partition coefficient (Wildman–Crippen LogP) is 2.80. The van der Waals surface area contributed by atoms with Crippen LogP contribution in [0, 0.1) is 5.92 Å². The summed E-state index contributed by atoms with van der Waals surface area (Å²) in [4.78, 5) is 10.6. The second kappa shape index (κ2) is 6.09. The Balaban J connectivity index is 2.46. The van der Waals surface area contributed by atoms with Gasteiger partial charge in [-0.05, 0) is 17.7 Å². The van der Waals surface area contributed by atoms with Crippen LogP contribution in [0.1, 0.15) is 12.5 Å². The Hall–Kier alpha value is -0.770. The Kier molecular flexibility index (Phi) is 5.06. The second-order valence-corrected chi connectivity index (χ2v) is 4.45. The van der Waals surface area contributed by atoms with E-state index in [4.69, 9.17) is 28.3 Å². The van der Waals surface area contributed by atoms with Crippen molar-refractivity contribution in [2.24, 2.45) is 5.92 Å². The number of nitrogens with one attached hydrogen (secondary N) is 1. The van der Waals surface area contributed by atoms with Crippen molar-refractivity contribution in [1.82, 2.24) is 5.32 Å². The fourth-order valence-electron chi connectivity index (χ4n) is 1.18. The number of benzene rings is 1. The van der Waals surface area contributed by atoms with Gasteiger partial charge in [-0.2, -0.15) is 0 Å². The van der Waals surface area contributed by atoms with Crippen molar-refractivity contribution < 1.29 is 9.90 Å².